The first-order valence-electron chi connectivity index (χ1n) is 7.40. The van der Waals surface area contributed by atoms with Crippen LogP contribution in [0.15, 0.2) is 54.6 Å². The monoisotopic (exact) mass is 343 g/mol. The second kappa shape index (κ2) is 8.07. The van der Waals surface area contributed by atoms with Gasteiger partial charge in [-0.2, -0.15) is 0 Å². The number of aliphatic carboxylic acids is 1. The zero-order chi connectivity index (χ0) is 18.4. The van der Waals surface area contributed by atoms with Crippen LogP contribution < -0.4 is 0 Å². The molecule has 1 unspecified atom stereocenters. The van der Waals surface area contributed by atoms with Gasteiger partial charge in [0.25, 0.3) is 5.91 Å². The van der Waals surface area contributed by atoms with E-state index in [4.69, 9.17) is 0 Å². The molecule has 2 N–H and O–H groups in total. The van der Waals surface area contributed by atoms with Crippen molar-refractivity contribution in [1.82, 2.24) is 4.90 Å². The van der Waals surface area contributed by atoms with E-state index < -0.39 is 30.6 Å². The van der Waals surface area contributed by atoms with E-state index in [1.165, 1.54) is 6.07 Å². The van der Waals surface area contributed by atoms with Crippen LogP contribution in [0.2, 0.25) is 0 Å². The molecule has 0 heterocycles. The zero-order valence-corrected chi connectivity index (χ0v) is 13.5. The van der Waals surface area contributed by atoms with Gasteiger partial charge in [-0.1, -0.05) is 48.5 Å². The highest BCUT2D eigenvalue weighted by atomic mass is 16.5. The number of ether oxygens (including phenoxy) is 1. The molecule has 7 heteroatoms. The second-order valence-corrected chi connectivity index (χ2v) is 5.09. The van der Waals surface area contributed by atoms with Crippen LogP contribution in [0.5, 0.6) is 0 Å². The number of hydrogen-bond acceptors (Lipinski definition) is 5. The summed E-state index contributed by atoms with van der Waals surface area (Å²) < 4.78 is 4.53. The lowest BCUT2D eigenvalue weighted by Gasteiger charge is -2.25. The predicted octanol–water partition coefficient (Wildman–Crippen LogP) is 2.01. The Morgan fingerprint density at radius 1 is 1.04 bits per heavy atom. The van der Waals surface area contributed by atoms with Gasteiger partial charge >= 0.3 is 12.1 Å². The third-order valence-corrected chi connectivity index (χ3v) is 3.60. The minimum absolute atomic E-state index is 0.124. The van der Waals surface area contributed by atoms with Crippen molar-refractivity contribution in [2.24, 2.45) is 0 Å². The van der Waals surface area contributed by atoms with Gasteiger partial charge in [0, 0.05) is 5.56 Å². The maximum Gasteiger partial charge on any atom is 0.417 e. The number of rotatable bonds is 5. The van der Waals surface area contributed by atoms with Gasteiger partial charge in [-0.05, 0) is 17.2 Å². The highest BCUT2D eigenvalue weighted by Crippen LogP contribution is 2.25. The topological polar surface area (TPSA) is 104 Å². The van der Waals surface area contributed by atoms with Crippen LogP contribution in [0.4, 0.5) is 4.79 Å². The maximum absolute atomic E-state index is 12.9. The Hall–Kier alpha value is -3.19. The highest BCUT2D eigenvalue weighted by Gasteiger charge is 2.36. The van der Waals surface area contributed by atoms with Crippen molar-refractivity contribution in [2.45, 2.75) is 6.04 Å². The number of amides is 2. The van der Waals surface area contributed by atoms with Crippen LogP contribution in [0.25, 0.3) is 11.1 Å². The van der Waals surface area contributed by atoms with Crippen molar-refractivity contribution < 1.29 is 29.3 Å². The van der Waals surface area contributed by atoms with Crippen molar-refractivity contribution in [3.63, 3.8) is 0 Å². The molecule has 0 aliphatic heterocycles. The molecule has 0 fully saturated rings. The summed E-state index contributed by atoms with van der Waals surface area (Å²) in [4.78, 5) is 36.6. The fourth-order valence-corrected chi connectivity index (χ4v) is 2.39. The first kappa shape index (κ1) is 18.2. The molecular weight excluding hydrogens is 326 g/mol. The van der Waals surface area contributed by atoms with Gasteiger partial charge in [-0.25, -0.2) is 14.5 Å². The predicted molar refractivity (Wildman–Crippen MR) is 89.0 cm³/mol. The fraction of sp³-hybridized carbons (Fsp3) is 0.167. The normalized spacial score (nSPS) is 11.4. The molecule has 2 rings (SSSR count). The molecule has 2 aromatic carbocycles. The SMILES string of the molecule is COC(=O)N(C(=O)c1ccccc1-c1ccccc1)C(CO)C(=O)O. The Kier molecular flexibility index (Phi) is 5.86. The van der Waals surface area contributed by atoms with E-state index in [2.05, 4.69) is 4.74 Å². The van der Waals surface area contributed by atoms with Crippen LogP contribution in [-0.2, 0) is 9.53 Å². The number of aliphatic hydroxyl groups is 1. The molecule has 130 valence electrons. The third-order valence-electron chi connectivity index (χ3n) is 3.60. The van der Waals surface area contributed by atoms with E-state index in [0.717, 1.165) is 12.7 Å². The van der Waals surface area contributed by atoms with Crippen LogP contribution >= 0.6 is 0 Å². The second-order valence-electron chi connectivity index (χ2n) is 5.09. The summed E-state index contributed by atoms with van der Waals surface area (Å²) in [7, 11) is 1.03. The molecule has 0 aromatic heterocycles. The molecule has 25 heavy (non-hydrogen) atoms. The van der Waals surface area contributed by atoms with E-state index in [-0.39, 0.29) is 5.56 Å². The lowest BCUT2D eigenvalue weighted by atomic mass is 9.98. The van der Waals surface area contributed by atoms with E-state index in [0.29, 0.717) is 10.5 Å². The molecule has 0 bridgehead atoms. The number of carbonyl (C=O) groups is 3. The summed E-state index contributed by atoms with van der Waals surface area (Å²) in [6, 6.07) is 13.7. The maximum atomic E-state index is 12.9. The Morgan fingerprint density at radius 3 is 2.20 bits per heavy atom. The molecule has 0 radical (unpaired) electrons. The van der Waals surface area contributed by atoms with Gasteiger partial charge < -0.3 is 14.9 Å². The highest BCUT2D eigenvalue weighted by molar-refractivity contribution is 6.09. The Bertz CT molecular complexity index is 774. The van der Waals surface area contributed by atoms with Crippen molar-refractivity contribution >= 4 is 18.0 Å². The first-order chi connectivity index (χ1) is 12.0. The van der Waals surface area contributed by atoms with Crippen LogP contribution in [0.3, 0.4) is 0 Å². The number of benzene rings is 2. The number of carboxylic acids is 1. The summed E-state index contributed by atoms with van der Waals surface area (Å²) in [5.41, 5.74) is 1.38. The summed E-state index contributed by atoms with van der Waals surface area (Å²) in [5.74, 6) is -2.38. The number of carboxylic acid groups (broad SMARTS) is 1. The van der Waals surface area contributed by atoms with E-state index in [1.807, 2.05) is 6.07 Å². The molecule has 0 saturated heterocycles. The smallest absolute Gasteiger partial charge is 0.417 e. The number of hydrogen-bond donors (Lipinski definition) is 2. The average Bonchev–Trinajstić information content (AvgIpc) is 2.65. The summed E-state index contributed by atoms with van der Waals surface area (Å²) in [6.07, 6.45) is -1.16. The molecule has 7 nitrogen and oxygen atoms in total. The molecule has 2 aromatic rings. The Morgan fingerprint density at radius 2 is 1.64 bits per heavy atom. The Balaban J connectivity index is 2.54. The van der Waals surface area contributed by atoms with E-state index in [1.54, 1.807) is 42.5 Å². The van der Waals surface area contributed by atoms with Gasteiger partial charge in [0.2, 0.25) is 0 Å². The molecule has 0 spiro atoms. The number of methoxy groups -OCH3 is 1. The van der Waals surface area contributed by atoms with Gasteiger partial charge in [0.05, 0.1) is 13.7 Å². The fourth-order valence-electron chi connectivity index (χ4n) is 2.39. The van der Waals surface area contributed by atoms with Crippen molar-refractivity contribution in [3.8, 4) is 11.1 Å². The molecule has 1 atom stereocenters. The summed E-state index contributed by atoms with van der Waals surface area (Å²) in [5, 5.41) is 18.5. The third kappa shape index (κ3) is 3.84. The average molecular weight is 343 g/mol. The van der Waals surface area contributed by atoms with Crippen molar-refractivity contribution in [3.05, 3.63) is 60.2 Å². The molecule has 0 saturated carbocycles. The summed E-state index contributed by atoms with van der Waals surface area (Å²) in [6.45, 7) is -0.927. The molecular formula is C18H17NO6. The summed E-state index contributed by atoms with van der Waals surface area (Å²) >= 11 is 0. The zero-order valence-electron chi connectivity index (χ0n) is 13.5. The number of carbonyl (C=O) groups excluding carboxylic acids is 2. The quantitative estimate of drug-likeness (QED) is 0.860. The minimum Gasteiger partial charge on any atom is -0.480 e. The number of nitrogens with zero attached hydrogens (tertiary/aromatic N) is 1. The molecule has 0 aliphatic carbocycles. The van der Waals surface area contributed by atoms with Gasteiger partial charge in [-0.3, -0.25) is 4.79 Å². The lowest BCUT2D eigenvalue weighted by Crippen LogP contribution is -2.50. The largest absolute Gasteiger partial charge is 0.480 e. The first-order valence-corrected chi connectivity index (χ1v) is 7.40. The minimum atomic E-state index is -1.75. The van der Waals surface area contributed by atoms with Crippen molar-refractivity contribution in [1.29, 1.82) is 0 Å². The van der Waals surface area contributed by atoms with E-state index >= 15 is 0 Å². The Labute approximate surface area is 144 Å². The molecule has 2 amide bonds. The van der Waals surface area contributed by atoms with Crippen molar-refractivity contribution in [2.75, 3.05) is 13.7 Å². The molecule has 0 aliphatic rings. The standard InChI is InChI=1S/C18H17NO6/c1-25-18(24)19(15(11-20)17(22)23)16(21)14-10-6-5-9-13(14)12-7-3-2-4-8-12/h2-10,15,20H,11H2,1H3,(H,22,23). The lowest BCUT2D eigenvalue weighted by molar-refractivity contribution is -0.143. The number of imide groups is 1. The van der Waals surface area contributed by atoms with Crippen LogP contribution in [0, 0.1) is 0 Å². The van der Waals surface area contributed by atoms with Gasteiger partial charge in [-0.15, -0.1) is 0 Å². The van der Waals surface area contributed by atoms with Gasteiger partial charge in [0.1, 0.15) is 0 Å². The van der Waals surface area contributed by atoms with E-state index in [9.17, 15) is 24.6 Å². The van der Waals surface area contributed by atoms with Gasteiger partial charge in [0.15, 0.2) is 6.04 Å². The van der Waals surface area contributed by atoms with Crippen LogP contribution in [0.1, 0.15) is 10.4 Å². The number of aliphatic hydroxyl groups excluding tert-OH is 1. The van der Waals surface area contributed by atoms with Crippen LogP contribution in [-0.4, -0.2) is 52.8 Å².